The van der Waals surface area contributed by atoms with Crippen LogP contribution in [0.15, 0.2) is 97.1 Å². The highest BCUT2D eigenvalue weighted by Crippen LogP contribution is 2.41. The van der Waals surface area contributed by atoms with E-state index in [1.165, 1.54) is 11.3 Å². The summed E-state index contributed by atoms with van der Waals surface area (Å²) in [5.41, 5.74) is 7.13. The quantitative estimate of drug-likeness (QED) is 0.176. The first kappa shape index (κ1) is 29.7. The first-order valence-electron chi connectivity index (χ1n) is 15.1. The summed E-state index contributed by atoms with van der Waals surface area (Å²) in [6.45, 7) is 7.29. The van der Waals surface area contributed by atoms with Crippen LogP contribution < -0.4 is 0 Å². The van der Waals surface area contributed by atoms with E-state index in [2.05, 4.69) is 50.2 Å². The van der Waals surface area contributed by atoms with Gasteiger partial charge < -0.3 is 19.3 Å². The Morgan fingerprint density at radius 1 is 0.860 bits per heavy atom. The zero-order chi connectivity index (χ0) is 29.8. The Balaban J connectivity index is 1.35. The van der Waals surface area contributed by atoms with Crippen molar-refractivity contribution < 1.29 is 19.3 Å². The normalized spacial score (nSPS) is 21.2. The lowest BCUT2D eigenvalue weighted by Gasteiger charge is -2.42. The maximum absolute atomic E-state index is 11.6. The van der Waals surface area contributed by atoms with Gasteiger partial charge in [-0.05, 0) is 71.8 Å². The summed E-state index contributed by atoms with van der Waals surface area (Å²) in [6, 6.07) is 32.8. The number of aryl methyl sites for hydroxylation is 2. The summed E-state index contributed by atoms with van der Waals surface area (Å²) in [6.07, 6.45) is -0.0293. The molecule has 1 fully saturated rings. The predicted octanol–water partition coefficient (Wildman–Crippen LogP) is 8.41. The minimum Gasteiger partial charge on any atom is -0.381 e. The molecule has 0 radical (unpaired) electrons. The monoisotopic (exact) mass is 593 g/mol. The molecule has 0 bridgehead atoms. The van der Waals surface area contributed by atoms with Crippen molar-refractivity contribution in [3.8, 4) is 0 Å². The van der Waals surface area contributed by atoms with E-state index in [9.17, 15) is 5.11 Å². The molecule has 0 amide bonds. The lowest BCUT2D eigenvalue weighted by molar-refractivity contribution is -0.211. The summed E-state index contributed by atoms with van der Waals surface area (Å²) in [5, 5.41) is 12.3. The average Bonchev–Trinajstić information content (AvgIpc) is 3.48. The van der Waals surface area contributed by atoms with E-state index in [0.29, 0.717) is 18.2 Å². The minimum atomic E-state index is -0.837. The summed E-state index contributed by atoms with van der Waals surface area (Å²) >= 11 is 1.53. The van der Waals surface area contributed by atoms with Gasteiger partial charge in [0.15, 0.2) is 0 Å². The Morgan fingerprint density at radius 2 is 1.51 bits per heavy atom. The number of rotatable bonds is 10. The number of fused-ring (bicyclic) bond motifs is 1. The molecule has 1 saturated heterocycles. The van der Waals surface area contributed by atoms with Crippen molar-refractivity contribution in [2.75, 3.05) is 0 Å². The molecule has 2 heterocycles. The van der Waals surface area contributed by atoms with Crippen LogP contribution in [-0.2, 0) is 27.4 Å². The molecule has 0 saturated carbocycles. The third-order valence-corrected chi connectivity index (χ3v) is 9.44. The zero-order valence-corrected chi connectivity index (χ0v) is 25.8. The number of aromatic nitrogens is 1. The Morgan fingerprint density at radius 3 is 2.19 bits per heavy atom. The number of hydrogen-bond donors (Lipinski definition) is 1. The van der Waals surface area contributed by atoms with Crippen molar-refractivity contribution in [1.82, 2.24) is 4.98 Å². The maximum Gasteiger partial charge on any atom is 0.131 e. The number of hydrogen-bond acceptors (Lipinski definition) is 6. The summed E-state index contributed by atoms with van der Waals surface area (Å²) in [7, 11) is 0. The number of thiazole rings is 1. The van der Waals surface area contributed by atoms with Gasteiger partial charge in [-0.2, -0.15) is 0 Å². The molecular formula is C37H39NO4S. The molecule has 1 aliphatic heterocycles. The Hall–Kier alpha value is -3.39. The Labute approximate surface area is 258 Å². The van der Waals surface area contributed by atoms with Gasteiger partial charge in [0, 0.05) is 6.42 Å². The van der Waals surface area contributed by atoms with E-state index in [-0.39, 0.29) is 24.4 Å². The maximum atomic E-state index is 11.6. The minimum absolute atomic E-state index is 0.0284. The van der Waals surface area contributed by atoms with Crippen LogP contribution in [-0.4, -0.2) is 28.4 Å². The lowest BCUT2D eigenvalue weighted by atomic mass is 9.87. The van der Waals surface area contributed by atoms with Crippen molar-refractivity contribution in [2.45, 2.75) is 77.3 Å². The van der Waals surface area contributed by atoms with Crippen molar-refractivity contribution in [3.63, 3.8) is 0 Å². The zero-order valence-electron chi connectivity index (χ0n) is 25.0. The molecule has 1 aliphatic rings. The lowest BCUT2D eigenvalue weighted by Crippen LogP contribution is -2.46. The molecule has 0 spiro atoms. The van der Waals surface area contributed by atoms with Crippen LogP contribution in [0.2, 0.25) is 0 Å². The van der Waals surface area contributed by atoms with Crippen LogP contribution in [0.5, 0.6) is 0 Å². The summed E-state index contributed by atoms with van der Waals surface area (Å²) in [5.74, 6) is 0. The van der Waals surface area contributed by atoms with Gasteiger partial charge in [-0.3, -0.25) is 0 Å². The third-order valence-electron chi connectivity index (χ3n) is 8.35. The molecule has 6 heteroatoms. The summed E-state index contributed by atoms with van der Waals surface area (Å²) < 4.78 is 21.2. The fourth-order valence-corrected chi connectivity index (χ4v) is 6.94. The van der Waals surface area contributed by atoms with Crippen LogP contribution in [0.3, 0.4) is 0 Å². The molecule has 1 N–H and O–H groups in total. The third kappa shape index (κ3) is 6.74. The first-order chi connectivity index (χ1) is 21.0. The average molecular weight is 594 g/mol. The van der Waals surface area contributed by atoms with Crippen LogP contribution in [0.25, 0.3) is 10.2 Å². The highest BCUT2D eigenvalue weighted by molar-refractivity contribution is 7.18. The second kappa shape index (κ2) is 13.5. The van der Waals surface area contributed by atoms with E-state index in [0.717, 1.165) is 56.4 Å². The van der Waals surface area contributed by atoms with Crippen molar-refractivity contribution in [3.05, 3.63) is 135 Å². The second-order valence-corrected chi connectivity index (χ2v) is 12.5. The molecule has 6 rings (SSSR count). The van der Waals surface area contributed by atoms with E-state index < -0.39 is 6.10 Å². The van der Waals surface area contributed by atoms with Gasteiger partial charge >= 0.3 is 0 Å². The number of nitrogens with zero attached hydrogens (tertiary/aromatic N) is 1. The standard InChI is InChI=1S/C37H39NO4S/c1-4-28-20-32(40-22-26-13-7-5-8-14-26)36(41-23-27-15-9-6-10-16-27)35(42-28)30-21-29(24(2)19-25(30)3)34(39)37-38-31-17-11-12-18-33(31)43-37/h5-19,21,28,32,34-36,39H,4,20,22-23H2,1-3H3/t28-,32+,34?,35+,36-/m1/s1. The molecule has 1 aromatic heterocycles. The van der Waals surface area contributed by atoms with E-state index in [1.54, 1.807) is 0 Å². The number of para-hydroxylation sites is 1. The van der Waals surface area contributed by atoms with Gasteiger partial charge in [-0.25, -0.2) is 4.98 Å². The first-order valence-corrected chi connectivity index (χ1v) is 15.9. The van der Waals surface area contributed by atoms with Gasteiger partial charge in [-0.15, -0.1) is 11.3 Å². The fraction of sp³-hybridized carbons (Fsp3) is 0.324. The van der Waals surface area contributed by atoms with Crippen molar-refractivity contribution in [2.24, 2.45) is 0 Å². The van der Waals surface area contributed by atoms with E-state index in [4.69, 9.17) is 19.2 Å². The molecule has 222 valence electrons. The molecule has 5 atom stereocenters. The number of aliphatic hydroxyl groups is 1. The van der Waals surface area contributed by atoms with Gasteiger partial charge in [0.1, 0.15) is 23.3 Å². The highest BCUT2D eigenvalue weighted by Gasteiger charge is 2.41. The number of aliphatic hydroxyl groups excluding tert-OH is 1. The predicted molar refractivity (Wildman–Crippen MR) is 172 cm³/mol. The van der Waals surface area contributed by atoms with E-state index in [1.807, 2.05) is 67.6 Å². The van der Waals surface area contributed by atoms with Crippen LogP contribution in [0, 0.1) is 13.8 Å². The molecule has 0 aliphatic carbocycles. The fourth-order valence-electron chi connectivity index (χ4n) is 5.97. The van der Waals surface area contributed by atoms with Crippen LogP contribution >= 0.6 is 11.3 Å². The SMILES string of the molecule is CC[C@@H]1C[C@H](OCc2ccccc2)[C@@H](OCc2ccccc2)[C@H](c2cc(C(O)c3nc4ccccc4s3)c(C)cc2C)O1. The molecule has 1 unspecified atom stereocenters. The van der Waals surface area contributed by atoms with Crippen molar-refractivity contribution >= 4 is 21.6 Å². The topological polar surface area (TPSA) is 60.8 Å². The molecule has 5 aromatic rings. The smallest absolute Gasteiger partial charge is 0.131 e. The summed E-state index contributed by atoms with van der Waals surface area (Å²) in [4.78, 5) is 4.76. The van der Waals surface area contributed by atoms with Crippen LogP contribution in [0.4, 0.5) is 0 Å². The van der Waals surface area contributed by atoms with Gasteiger partial charge in [0.2, 0.25) is 0 Å². The second-order valence-electron chi connectivity index (χ2n) is 11.4. The van der Waals surface area contributed by atoms with E-state index >= 15 is 0 Å². The van der Waals surface area contributed by atoms with Gasteiger partial charge in [0.05, 0.1) is 35.6 Å². The van der Waals surface area contributed by atoms with Gasteiger partial charge in [-0.1, -0.05) is 85.8 Å². The number of benzene rings is 4. The molecular weight excluding hydrogens is 554 g/mol. The Kier molecular flexibility index (Phi) is 9.31. The van der Waals surface area contributed by atoms with Gasteiger partial charge in [0.25, 0.3) is 0 Å². The van der Waals surface area contributed by atoms with Crippen LogP contribution in [0.1, 0.15) is 70.4 Å². The largest absolute Gasteiger partial charge is 0.381 e. The molecule has 5 nitrogen and oxygen atoms in total. The Bertz CT molecular complexity index is 1600. The molecule has 4 aromatic carbocycles. The number of ether oxygens (including phenoxy) is 3. The molecule has 43 heavy (non-hydrogen) atoms. The van der Waals surface area contributed by atoms with Crippen molar-refractivity contribution in [1.29, 1.82) is 0 Å². The highest BCUT2D eigenvalue weighted by atomic mass is 32.1.